The summed E-state index contributed by atoms with van der Waals surface area (Å²) in [6, 6.07) is 28.8. The number of aromatic nitrogens is 1. The number of non-ortho nitro benzene ring substituents is 2. The number of nitrogen functional groups attached to an aromatic ring is 1. The van der Waals surface area contributed by atoms with Gasteiger partial charge in [0.2, 0.25) is 5.78 Å². The molecule has 0 aliphatic carbocycles. The van der Waals surface area contributed by atoms with Gasteiger partial charge in [0, 0.05) is 109 Å². The maximum atomic E-state index is 12.9. The largest absolute Gasteiger partial charge is 0.392 e. The van der Waals surface area contributed by atoms with Crippen LogP contribution < -0.4 is 31.9 Å². The zero-order valence-corrected chi connectivity index (χ0v) is 49.6. The highest BCUT2D eigenvalue weighted by Gasteiger charge is 2.30. The lowest BCUT2D eigenvalue weighted by Gasteiger charge is -2.42. The van der Waals surface area contributed by atoms with Crippen LogP contribution in [0.3, 0.4) is 0 Å². The summed E-state index contributed by atoms with van der Waals surface area (Å²) in [5.41, 5.74) is 16.3. The summed E-state index contributed by atoms with van der Waals surface area (Å²) >= 11 is 10.8. The van der Waals surface area contributed by atoms with E-state index in [1.165, 1.54) is 59.9 Å². The third kappa shape index (κ3) is 18.4. The van der Waals surface area contributed by atoms with Crippen LogP contribution in [0.1, 0.15) is 83.9 Å². The molecular formula is C54H70BrN12O8PS3. The van der Waals surface area contributed by atoms with Crippen LogP contribution in [0.5, 0.6) is 0 Å². The summed E-state index contributed by atoms with van der Waals surface area (Å²) in [4.78, 5) is 62.8. The third-order valence-corrected chi connectivity index (χ3v) is 16.3. The number of ketones is 2. The number of thioether (sulfide) groups is 1. The van der Waals surface area contributed by atoms with E-state index in [1.807, 2.05) is 31.2 Å². The number of nitro groups is 2. The lowest BCUT2D eigenvalue weighted by atomic mass is 9.98. The number of halogens is 1. The summed E-state index contributed by atoms with van der Waals surface area (Å²) in [5.74, 6) is 0.403. The molecule has 4 saturated heterocycles. The van der Waals surface area contributed by atoms with Gasteiger partial charge in [0.05, 0.1) is 27.4 Å². The number of thiazole rings is 1. The highest BCUT2D eigenvalue weighted by atomic mass is 79.9. The number of aliphatic hydroxyl groups is 2. The van der Waals surface area contributed by atoms with Crippen molar-refractivity contribution < 1.29 is 29.6 Å². The number of hydrogen-bond donors (Lipinski definition) is 6. The van der Waals surface area contributed by atoms with Crippen molar-refractivity contribution in [2.24, 2.45) is 10.7 Å². The van der Waals surface area contributed by atoms with E-state index in [9.17, 15) is 40.0 Å². The second kappa shape index (κ2) is 30.8. The summed E-state index contributed by atoms with van der Waals surface area (Å²) in [6.07, 6.45) is 8.22. The monoisotopic (exact) mass is 1220 g/mol. The molecule has 4 aliphatic rings. The number of nitrogens with zero attached hydrogens (tertiary/aromatic N) is 8. The maximum absolute atomic E-state index is 12.9. The van der Waals surface area contributed by atoms with Gasteiger partial charge in [-0.1, -0.05) is 70.2 Å². The van der Waals surface area contributed by atoms with Crippen LogP contribution in [0.15, 0.2) is 102 Å². The molecule has 8 N–H and O–H groups in total. The SMILES string of the molecule is CCSC(N)=NC(=S)Nc1ccc(N2CCC(N3CCCC(O)C3)CC2)cc1.Nc1nc(Nc2ccc(N3CCC(N4CCCC(O)C4)CC3)cc2)sc1C(=O)c1cccc([N+](=O)[O-])c1.O=C(CBr)c1cccc([N+](=O)[O-])c1.P. The van der Waals surface area contributed by atoms with Crippen molar-refractivity contribution in [3.8, 4) is 0 Å². The van der Waals surface area contributed by atoms with Crippen LogP contribution in [-0.4, -0.2) is 144 Å². The van der Waals surface area contributed by atoms with Gasteiger partial charge in [-0.2, -0.15) is 14.9 Å². The second-order valence-electron chi connectivity index (χ2n) is 19.3. The normalized spacial score (nSPS) is 18.4. The van der Waals surface area contributed by atoms with Crippen molar-refractivity contribution in [2.45, 2.75) is 82.6 Å². The topological polar surface area (TPSA) is 275 Å². The molecule has 3 atom stereocenters. The van der Waals surface area contributed by atoms with Crippen molar-refractivity contribution in [1.82, 2.24) is 14.8 Å². The van der Waals surface area contributed by atoms with Crippen molar-refractivity contribution in [3.05, 3.63) is 133 Å². The molecule has 424 valence electrons. The molecule has 5 aromatic rings. The number of carbonyl (C=O) groups is 2. The molecule has 5 heterocycles. The smallest absolute Gasteiger partial charge is 0.270 e. The average Bonchev–Trinajstić information content (AvgIpc) is 3.85. The number of aliphatic hydroxyl groups excluding tert-OH is 2. The minimum atomic E-state index is -0.536. The van der Waals surface area contributed by atoms with Gasteiger partial charge in [-0.15, -0.1) is 0 Å². The zero-order chi connectivity index (χ0) is 55.7. The predicted octanol–water partition coefficient (Wildman–Crippen LogP) is 9.14. The highest BCUT2D eigenvalue weighted by Crippen LogP contribution is 2.33. The molecule has 4 aliphatic heterocycles. The average molecular weight is 1220 g/mol. The Morgan fingerprint density at radius 2 is 1.25 bits per heavy atom. The molecule has 0 radical (unpaired) electrons. The number of aliphatic imine (C=N–C) groups is 1. The van der Waals surface area contributed by atoms with Crippen LogP contribution in [0.25, 0.3) is 0 Å². The van der Waals surface area contributed by atoms with Gasteiger partial charge in [0.1, 0.15) is 10.7 Å². The van der Waals surface area contributed by atoms with Gasteiger partial charge in [0.25, 0.3) is 11.4 Å². The van der Waals surface area contributed by atoms with Crippen LogP contribution in [0.4, 0.5) is 45.1 Å². The molecule has 0 spiro atoms. The van der Waals surface area contributed by atoms with Crippen LogP contribution in [0.2, 0.25) is 0 Å². The maximum Gasteiger partial charge on any atom is 0.270 e. The van der Waals surface area contributed by atoms with E-state index in [0.717, 1.165) is 138 Å². The van der Waals surface area contributed by atoms with E-state index in [2.05, 4.69) is 80.4 Å². The quantitative estimate of drug-likeness (QED) is 0.00883. The van der Waals surface area contributed by atoms with Gasteiger partial charge >= 0.3 is 0 Å². The molecule has 0 amide bonds. The number of nitrogens with two attached hydrogens (primary N) is 2. The van der Waals surface area contributed by atoms with E-state index in [4.69, 9.17) is 23.7 Å². The van der Waals surface area contributed by atoms with E-state index in [-0.39, 0.29) is 60.9 Å². The standard InChI is InChI=1S/C26H30N6O4S.C20H31N5OS2.C8H6BrNO3.H3P/c27-25-24(23(34)17-3-1-4-21(15-17)32(35)36)37-26(29-25)28-18-6-8-19(9-7-18)30-13-10-20(11-14-30)31-12-2-5-22(33)16-31;1-2-28-19(21)23-20(27)22-15-5-7-16(8-6-15)24-12-9-17(10-13-24)25-11-3-4-18(26)14-25;9-5-8(11)6-2-1-3-7(4-6)10(12)13;/h1,3-4,6-9,15,20,22,33H,2,5,10-14,16,27H2,(H,28,29);5-8,17-18,26H,2-4,9-14H2,1H3,(H3,21,22,23,27);1-4H,5H2;1H3. The number of nitrogens with one attached hydrogen (secondary N) is 2. The van der Waals surface area contributed by atoms with Crippen molar-refractivity contribution in [2.75, 3.05) is 89.6 Å². The number of likely N-dealkylation sites (tertiary alicyclic amines) is 2. The number of anilines is 6. The minimum absolute atomic E-state index is 0. The summed E-state index contributed by atoms with van der Waals surface area (Å²) in [5, 5.41) is 49.1. The molecule has 20 nitrogen and oxygen atoms in total. The van der Waals surface area contributed by atoms with Gasteiger partial charge in [-0.3, -0.25) is 39.6 Å². The lowest BCUT2D eigenvalue weighted by Crippen LogP contribution is -2.49. The number of nitro benzene ring substituents is 2. The van der Waals surface area contributed by atoms with Crippen LogP contribution in [0, 0.1) is 20.2 Å². The van der Waals surface area contributed by atoms with Crippen molar-refractivity contribution >= 4 is 128 Å². The number of carbonyl (C=O) groups excluding carboxylic acids is 2. The molecule has 0 saturated carbocycles. The number of amidine groups is 1. The molecule has 9 rings (SSSR count). The van der Waals surface area contributed by atoms with Gasteiger partial charge in [-0.05, 0) is 131 Å². The first-order valence-corrected chi connectivity index (χ1v) is 29.4. The Balaban J connectivity index is 0.000000211. The Hall–Kier alpha value is -5.69. The lowest BCUT2D eigenvalue weighted by molar-refractivity contribution is -0.385. The Kier molecular flexibility index (Phi) is 24.3. The number of Topliss-reactive ketones (excluding diaryl/α,β-unsaturated/α-hetero) is 1. The summed E-state index contributed by atoms with van der Waals surface area (Å²) in [6.45, 7) is 9.95. The first kappa shape index (κ1) is 62.5. The Morgan fingerprint density at radius 1 is 0.772 bits per heavy atom. The summed E-state index contributed by atoms with van der Waals surface area (Å²) in [7, 11) is 0. The van der Waals surface area contributed by atoms with Crippen LogP contribution >= 0.6 is 61.1 Å². The first-order chi connectivity index (χ1) is 37.6. The molecule has 79 heavy (non-hydrogen) atoms. The number of β-amino-alcohol motifs (C(OH)–C–C–N with tert-alkyl or cyclic N) is 2. The van der Waals surface area contributed by atoms with E-state index in [1.54, 1.807) is 6.07 Å². The molecule has 25 heteroatoms. The molecule has 4 aromatic carbocycles. The molecule has 1 aromatic heterocycles. The highest BCUT2D eigenvalue weighted by molar-refractivity contribution is 9.09. The Morgan fingerprint density at radius 3 is 1.72 bits per heavy atom. The molecule has 4 fully saturated rings. The number of benzene rings is 4. The first-order valence-electron chi connectivity index (χ1n) is 26.1. The van der Waals surface area contributed by atoms with Gasteiger partial charge < -0.3 is 42.1 Å². The number of alkyl halides is 1. The van der Waals surface area contributed by atoms with Crippen molar-refractivity contribution in [3.63, 3.8) is 0 Å². The number of rotatable bonds is 14. The van der Waals surface area contributed by atoms with E-state index in [0.29, 0.717) is 33.1 Å². The van der Waals surface area contributed by atoms with Gasteiger partial charge in [0.15, 0.2) is 21.2 Å². The fourth-order valence-electron chi connectivity index (χ4n) is 9.98. The summed E-state index contributed by atoms with van der Waals surface area (Å²) < 4.78 is 0. The van der Waals surface area contributed by atoms with Crippen molar-refractivity contribution in [1.29, 1.82) is 0 Å². The fourth-order valence-corrected chi connectivity index (χ4v) is 11.9. The predicted molar refractivity (Wildman–Crippen MR) is 332 cm³/mol. The molecule has 3 unspecified atom stereocenters. The third-order valence-electron chi connectivity index (χ3n) is 14.0. The Labute approximate surface area is 485 Å². The number of piperidine rings is 4. The Bertz CT molecular complexity index is 2870. The van der Waals surface area contributed by atoms with E-state index < -0.39 is 15.6 Å². The molecular weight excluding hydrogens is 1150 g/mol. The minimum Gasteiger partial charge on any atom is -0.392 e. The molecule has 0 bridgehead atoms. The fraction of sp³-hybridized carbons (Fsp3) is 0.426. The van der Waals surface area contributed by atoms with Crippen LogP contribution in [-0.2, 0) is 0 Å². The van der Waals surface area contributed by atoms with Gasteiger partial charge in [-0.25, -0.2) is 4.98 Å². The zero-order valence-electron chi connectivity index (χ0n) is 44.2. The second-order valence-corrected chi connectivity index (χ2v) is 22.5. The number of hydrogen-bond acceptors (Lipinski definition) is 18. The van der Waals surface area contributed by atoms with E-state index >= 15 is 0 Å². The number of thiocarbonyl (C=S) groups is 1.